The summed E-state index contributed by atoms with van der Waals surface area (Å²) in [5.41, 5.74) is 3.10. The van der Waals surface area contributed by atoms with Crippen molar-refractivity contribution in [3.05, 3.63) is 86.3 Å². The molecule has 0 unspecified atom stereocenters. The Labute approximate surface area is 183 Å². The first kappa shape index (κ1) is 20.8. The molecule has 0 spiro atoms. The fourth-order valence-electron chi connectivity index (χ4n) is 2.60. The highest BCUT2D eigenvalue weighted by molar-refractivity contribution is 9.10. The molecule has 0 aliphatic carbocycles. The Morgan fingerprint density at radius 1 is 0.857 bits per heavy atom. The van der Waals surface area contributed by atoms with Crippen molar-refractivity contribution in [2.45, 2.75) is 20.1 Å². The van der Waals surface area contributed by atoms with E-state index in [1.54, 1.807) is 0 Å². The highest BCUT2D eigenvalue weighted by atomic mass is 79.9. The second-order valence-electron chi connectivity index (χ2n) is 6.10. The van der Waals surface area contributed by atoms with Gasteiger partial charge < -0.3 is 14.8 Å². The second-order valence-corrected chi connectivity index (χ2v) is 7.83. The first-order valence-electron chi connectivity index (χ1n) is 8.87. The van der Waals surface area contributed by atoms with Gasteiger partial charge in [-0.05, 0) is 66.6 Å². The lowest BCUT2D eigenvalue weighted by atomic mass is 10.2. The number of hydrogen-bond donors (Lipinski definition) is 1. The third-order valence-electron chi connectivity index (χ3n) is 4.05. The summed E-state index contributed by atoms with van der Waals surface area (Å²) in [6, 6.07) is 19.1. The standard InChI is InChI=1S/C22H20BrCl2NO2/c1-2-27-21-11-16(13-26-19-9-7-18(25)8-10-19)20(23)12-22(21)28-14-15-3-5-17(24)6-4-15/h3-12,26H,2,13-14H2,1H3. The maximum atomic E-state index is 5.99. The molecule has 0 saturated carbocycles. The quantitative estimate of drug-likeness (QED) is 0.365. The van der Waals surface area contributed by atoms with Crippen molar-refractivity contribution in [3.63, 3.8) is 0 Å². The van der Waals surface area contributed by atoms with Gasteiger partial charge in [-0.2, -0.15) is 0 Å². The van der Waals surface area contributed by atoms with E-state index in [4.69, 9.17) is 32.7 Å². The lowest BCUT2D eigenvalue weighted by Crippen LogP contribution is -2.04. The molecule has 3 nitrogen and oxygen atoms in total. The van der Waals surface area contributed by atoms with Crippen LogP contribution < -0.4 is 14.8 Å². The molecule has 0 bridgehead atoms. The summed E-state index contributed by atoms with van der Waals surface area (Å²) in [5.74, 6) is 1.41. The van der Waals surface area contributed by atoms with Crippen LogP contribution in [-0.2, 0) is 13.2 Å². The highest BCUT2D eigenvalue weighted by Crippen LogP contribution is 2.35. The molecular formula is C22H20BrCl2NO2. The Bertz CT molecular complexity index is 915. The fraction of sp³-hybridized carbons (Fsp3) is 0.182. The minimum Gasteiger partial charge on any atom is -0.490 e. The Hall–Kier alpha value is -1.88. The fourth-order valence-corrected chi connectivity index (χ4v) is 3.32. The van der Waals surface area contributed by atoms with Gasteiger partial charge in [0.25, 0.3) is 0 Å². The predicted molar refractivity (Wildman–Crippen MR) is 120 cm³/mol. The molecule has 146 valence electrons. The number of benzene rings is 3. The van der Waals surface area contributed by atoms with Crippen LogP contribution >= 0.6 is 39.1 Å². The molecule has 1 N–H and O–H groups in total. The zero-order valence-electron chi connectivity index (χ0n) is 15.3. The highest BCUT2D eigenvalue weighted by Gasteiger charge is 2.11. The van der Waals surface area contributed by atoms with Gasteiger partial charge in [-0.1, -0.05) is 51.3 Å². The number of anilines is 1. The molecular weight excluding hydrogens is 461 g/mol. The molecule has 0 aromatic heterocycles. The van der Waals surface area contributed by atoms with E-state index in [9.17, 15) is 0 Å². The van der Waals surface area contributed by atoms with Gasteiger partial charge in [-0.15, -0.1) is 0 Å². The summed E-state index contributed by atoms with van der Waals surface area (Å²) in [6.07, 6.45) is 0. The molecule has 0 saturated heterocycles. The Morgan fingerprint density at radius 2 is 1.46 bits per heavy atom. The normalized spacial score (nSPS) is 10.6. The molecule has 0 amide bonds. The van der Waals surface area contributed by atoms with E-state index in [-0.39, 0.29) is 0 Å². The zero-order valence-corrected chi connectivity index (χ0v) is 18.4. The summed E-state index contributed by atoms with van der Waals surface area (Å²) in [5, 5.41) is 4.81. The second kappa shape index (κ2) is 10.1. The van der Waals surface area contributed by atoms with Crippen LogP contribution in [0.2, 0.25) is 10.0 Å². The number of nitrogens with one attached hydrogen (secondary N) is 1. The average Bonchev–Trinajstić information content (AvgIpc) is 2.69. The third-order valence-corrected chi connectivity index (χ3v) is 5.29. The van der Waals surface area contributed by atoms with Gasteiger partial charge in [0.15, 0.2) is 11.5 Å². The number of halogens is 3. The molecule has 0 radical (unpaired) electrons. The SMILES string of the molecule is CCOc1cc(CNc2ccc(Cl)cc2)c(Br)cc1OCc1ccc(Cl)cc1. The van der Waals surface area contributed by atoms with Crippen molar-refractivity contribution in [1.82, 2.24) is 0 Å². The van der Waals surface area contributed by atoms with Gasteiger partial charge in [0.2, 0.25) is 0 Å². The Morgan fingerprint density at radius 3 is 2.11 bits per heavy atom. The van der Waals surface area contributed by atoms with E-state index in [0.29, 0.717) is 41.3 Å². The van der Waals surface area contributed by atoms with Crippen LogP contribution in [0.4, 0.5) is 5.69 Å². The van der Waals surface area contributed by atoms with E-state index >= 15 is 0 Å². The van der Waals surface area contributed by atoms with E-state index in [1.165, 1.54) is 0 Å². The first-order chi connectivity index (χ1) is 13.5. The van der Waals surface area contributed by atoms with Gasteiger partial charge in [0.1, 0.15) is 6.61 Å². The zero-order chi connectivity index (χ0) is 19.9. The molecule has 3 aromatic carbocycles. The van der Waals surface area contributed by atoms with Crippen LogP contribution in [0.15, 0.2) is 65.1 Å². The third kappa shape index (κ3) is 5.81. The largest absolute Gasteiger partial charge is 0.490 e. The molecule has 0 aliphatic rings. The maximum absolute atomic E-state index is 5.99. The van der Waals surface area contributed by atoms with Gasteiger partial charge in [-0.3, -0.25) is 0 Å². The maximum Gasteiger partial charge on any atom is 0.162 e. The summed E-state index contributed by atoms with van der Waals surface area (Å²) in [6.45, 7) is 3.59. The molecule has 3 rings (SSSR count). The van der Waals surface area contributed by atoms with Gasteiger partial charge in [0, 0.05) is 26.8 Å². The van der Waals surface area contributed by atoms with Crippen molar-refractivity contribution < 1.29 is 9.47 Å². The van der Waals surface area contributed by atoms with E-state index in [0.717, 1.165) is 21.3 Å². The molecule has 0 aliphatic heterocycles. The topological polar surface area (TPSA) is 30.5 Å². The van der Waals surface area contributed by atoms with Crippen LogP contribution in [0.5, 0.6) is 11.5 Å². The lowest BCUT2D eigenvalue weighted by molar-refractivity contribution is 0.269. The lowest BCUT2D eigenvalue weighted by Gasteiger charge is -2.16. The summed E-state index contributed by atoms with van der Waals surface area (Å²) < 4.78 is 12.7. The van der Waals surface area contributed by atoms with E-state index < -0.39 is 0 Å². The number of rotatable bonds is 8. The van der Waals surface area contributed by atoms with Crippen LogP contribution in [0, 0.1) is 0 Å². The monoisotopic (exact) mass is 479 g/mol. The van der Waals surface area contributed by atoms with E-state index in [2.05, 4.69) is 21.2 Å². The van der Waals surface area contributed by atoms with Crippen molar-refractivity contribution in [2.75, 3.05) is 11.9 Å². The van der Waals surface area contributed by atoms with E-state index in [1.807, 2.05) is 67.6 Å². The molecule has 3 aromatic rings. The minimum absolute atomic E-state index is 0.437. The van der Waals surface area contributed by atoms with Crippen molar-refractivity contribution in [1.29, 1.82) is 0 Å². The molecule has 0 heterocycles. The van der Waals surface area contributed by atoms with Gasteiger partial charge >= 0.3 is 0 Å². The Balaban J connectivity index is 1.72. The summed E-state index contributed by atoms with van der Waals surface area (Å²) in [7, 11) is 0. The van der Waals surface area contributed by atoms with Crippen LogP contribution in [0.1, 0.15) is 18.1 Å². The van der Waals surface area contributed by atoms with Gasteiger partial charge in [0.05, 0.1) is 6.61 Å². The first-order valence-corrected chi connectivity index (χ1v) is 10.4. The Kier molecular flexibility index (Phi) is 7.49. The predicted octanol–water partition coefficient (Wildman–Crippen LogP) is 7.35. The molecule has 0 fully saturated rings. The van der Waals surface area contributed by atoms with Crippen molar-refractivity contribution >= 4 is 44.8 Å². The summed E-state index contributed by atoms with van der Waals surface area (Å²) >= 11 is 15.5. The molecule has 0 atom stereocenters. The van der Waals surface area contributed by atoms with Crippen molar-refractivity contribution in [3.8, 4) is 11.5 Å². The van der Waals surface area contributed by atoms with Gasteiger partial charge in [-0.25, -0.2) is 0 Å². The van der Waals surface area contributed by atoms with Crippen LogP contribution in [0.25, 0.3) is 0 Å². The summed E-state index contributed by atoms with van der Waals surface area (Å²) in [4.78, 5) is 0. The van der Waals surface area contributed by atoms with Crippen LogP contribution in [0.3, 0.4) is 0 Å². The van der Waals surface area contributed by atoms with Crippen molar-refractivity contribution in [2.24, 2.45) is 0 Å². The molecule has 28 heavy (non-hydrogen) atoms. The average molecular weight is 481 g/mol. The number of ether oxygens (including phenoxy) is 2. The smallest absolute Gasteiger partial charge is 0.162 e. The molecule has 6 heteroatoms. The van der Waals surface area contributed by atoms with Crippen LogP contribution in [-0.4, -0.2) is 6.61 Å². The number of hydrogen-bond acceptors (Lipinski definition) is 3. The minimum atomic E-state index is 0.437.